The minimum absolute atomic E-state index is 0.188. The Kier molecular flexibility index (Phi) is 4.90. The molecule has 0 aromatic rings. The maximum atomic E-state index is 12.4. The fraction of sp³-hybridized carbons (Fsp3) is 0.875. The molecule has 1 N–H and O–H groups in total. The highest BCUT2D eigenvalue weighted by atomic mass is 19.4. The van der Waals surface area contributed by atoms with Crippen molar-refractivity contribution >= 4 is 5.97 Å². The molecular formula is C8H14F3NO2. The maximum absolute atomic E-state index is 12.4. The van der Waals surface area contributed by atoms with Crippen molar-refractivity contribution in [2.45, 2.75) is 32.5 Å². The molecule has 6 heteroatoms. The smallest absolute Gasteiger partial charge is 0.404 e. The molecule has 14 heavy (non-hydrogen) atoms. The molecule has 0 spiro atoms. The first-order chi connectivity index (χ1) is 6.32. The van der Waals surface area contributed by atoms with Crippen LogP contribution in [0.1, 0.15) is 20.3 Å². The number of carboxylic acid groups (broad SMARTS) is 1. The van der Waals surface area contributed by atoms with Crippen LogP contribution in [-0.2, 0) is 4.79 Å². The van der Waals surface area contributed by atoms with E-state index in [9.17, 15) is 18.0 Å². The Balaban J connectivity index is 4.61. The van der Waals surface area contributed by atoms with Gasteiger partial charge in [-0.15, -0.1) is 0 Å². The summed E-state index contributed by atoms with van der Waals surface area (Å²) in [5, 5.41) is 8.36. The zero-order chi connectivity index (χ0) is 11.4. The second-order valence-corrected chi connectivity index (χ2v) is 2.88. The quantitative estimate of drug-likeness (QED) is 0.756. The molecule has 0 aliphatic carbocycles. The minimum Gasteiger partial charge on any atom is -0.481 e. The van der Waals surface area contributed by atoms with Crippen LogP contribution >= 0.6 is 0 Å². The molecule has 0 aliphatic rings. The standard InChI is InChI=1S/C8H14F3NO2/c1-3-12(4-2)6(5-7(13)14)8(9,10)11/h6H,3-5H2,1-2H3,(H,13,14). The van der Waals surface area contributed by atoms with Gasteiger partial charge in [0.05, 0.1) is 6.42 Å². The Bertz CT molecular complexity index is 190. The van der Waals surface area contributed by atoms with Gasteiger partial charge in [0.2, 0.25) is 0 Å². The van der Waals surface area contributed by atoms with E-state index in [0.29, 0.717) is 0 Å². The van der Waals surface area contributed by atoms with Crippen molar-refractivity contribution in [1.82, 2.24) is 4.90 Å². The van der Waals surface area contributed by atoms with E-state index in [-0.39, 0.29) is 13.1 Å². The number of hydrogen-bond donors (Lipinski definition) is 1. The van der Waals surface area contributed by atoms with Crippen LogP contribution in [0.15, 0.2) is 0 Å². The lowest BCUT2D eigenvalue weighted by Crippen LogP contribution is -2.46. The normalized spacial score (nSPS) is 14.4. The topological polar surface area (TPSA) is 40.5 Å². The number of hydrogen-bond acceptors (Lipinski definition) is 2. The molecule has 84 valence electrons. The van der Waals surface area contributed by atoms with Gasteiger partial charge in [0.25, 0.3) is 0 Å². The SMILES string of the molecule is CCN(CC)C(CC(=O)O)C(F)(F)F. The molecule has 1 atom stereocenters. The second-order valence-electron chi connectivity index (χ2n) is 2.88. The van der Waals surface area contributed by atoms with Crippen LogP contribution in [-0.4, -0.2) is 41.3 Å². The largest absolute Gasteiger partial charge is 0.481 e. The summed E-state index contributed by atoms with van der Waals surface area (Å²) in [7, 11) is 0. The van der Waals surface area contributed by atoms with E-state index in [4.69, 9.17) is 5.11 Å². The van der Waals surface area contributed by atoms with Gasteiger partial charge in [-0.2, -0.15) is 13.2 Å². The van der Waals surface area contributed by atoms with Crippen LogP contribution in [0.3, 0.4) is 0 Å². The lowest BCUT2D eigenvalue weighted by Gasteiger charge is -2.29. The minimum atomic E-state index is -4.48. The third-order valence-electron chi connectivity index (χ3n) is 2.00. The average molecular weight is 213 g/mol. The van der Waals surface area contributed by atoms with Crippen molar-refractivity contribution in [3.05, 3.63) is 0 Å². The van der Waals surface area contributed by atoms with Crippen LogP contribution in [0.4, 0.5) is 13.2 Å². The number of halogens is 3. The molecule has 0 aliphatic heterocycles. The van der Waals surface area contributed by atoms with Crippen molar-refractivity contribution < 1.29 is 23.1 Å². The van der Waals surface area contributed by atoms with Gasteiger partial charge in [-0.05, 0) is 13.1 Å². The first kappa shape index (κ1) is 13.2. The van der Waals surface area contributed by atoms with Crippen LogP contribution in [0.2, 0.25) is 0 Å². The zero-order valence-corrected chi connectivity index (χ0v) is 8.14. The van der Waals surface area contributed by atoms with Gasteiger partial charge in [-0.1, -0.05) is 13.8 Å². The summed E-state index contributed by atoms with van der Waals surface area (Å²) in [6, 6.07) is -1.88. The van der Waals surface area contributed by atoms with Crippen molar-refractivity contribution in [3.63, 3.8) is 0 Å². The fourth-order valence-electron chi connectivity index (χ4n) is 1.28. The molecule has 3 nitrogen and oxygen atoms in total. The molecule has 0 aromatic carbocycles. The Morgan fingerprint density at radius 3 is 2.00 bits per heavy atom. The Hall–Kier alpha value is -0.780. The number of carboxylic acids is 1. The van der Waals surface area contributed by atoms with Crippen LogP contribution in [0.5, 0.6) is 0 Å². The molecule has 1 unspecified atom stereocenters. The predicted octanol–water partition coefficient (Wildman–Crippen LogP) is 1.73. The van der Waals surface area contributed by atoms with Gasteiger partial charge in [-0.3, -0.25) is 9.69 Å². The molecule has 0 saturated carbocycles. The first-order valence-corrected chi connectivity index (χ1v) is 4.35. The van der Waals surface area contributed by atoms with Gasteiger partial charge in [0.1, 0.15) is 6.04 Å². The number of alkyl halides is 3. The van der Waals surface area contributed by atoms with E-state index in [1.807, 2.05) is 0 Å². The van der Waals surface area contributed by atoms with Crippen LogP contribution in [0.25, 0.3) is 0 Å². The number of rotatable bonds is 5. The average Bonchev–Trinajstić information content (AvgIpc) is 2.02. The monoisotopic (exact) mass is 213 g/mol. The van der Waals surface area contributed by atoms with Gasteiger partial charge >= 0.3 is 12.1 Å². The summed E-state index contributed by atoms with van der Waals surface area (Å²) < 4.78 is 37.2. The van der Waals surface area contributed by atoms with E-state index in [0.717, 1.165) is 4.90 Å². The third kappa shape index (κ3) is 3.95. The molecule has 0 aromatic heterocycles. The van der Waals surface area contributed by atoms with E-state index in [2.05, 4.69) is 0 Å². The lowest BCUT2D eigenvalue weighted by atomic mass is 10.1. The molecule has 0 rings (SSSR count). The summed E-state index contributed by atoms with van der Waals surface area (Å²) in [4.78, 5) is 11.4. The lowest BCUT2D eigenvalue weighted by molar-refractivity contribution is -0.189. The van der Waals surface area contributed by atoms with Crippen molar-refractivity contribution in [3.8, 4) is 0 Å². The number of nitrogens with zero attached hydrogens (tertiary/aromatic N) is 1. The van der Waals surface area contributed by atoms with E-state index in [1.54, 1.807) is 13.8 Å². The van der Waals surface area contributed by atoms with Gasteiger partial charge < -0.3 is 5.11 Å². The molecular weight excluding hydrogens is 199 g/mol. The van der Waals surface area contributed by atoms with E-state index >= 15 is 0 Å². The highest BCUT2D eigenvalue weighted by Gasteiger charge is 2.43. The number of carbonyl (C=O) groups is 1. The summed E-state index contributed by atoms with van der Waals surface area (Å²) in [5.41, 5.74) is 0. The molecule has 0 amide bonds. The molecule has 0 saturated heterocycles. The zero-order valence-electron chi connectivity index (χ0n) is 8.14. The maximum Gasteiger partial charge on any atom is 0.404 e. The Morgan fingerprint density at radius 2 is 1.79 bits per heavy atom. The Labute approximate surface area is 80.5 Å². The van der Waals surface area contributed by atoms with Crippen molar-refractivity contribution in [2.75, 3.05) is 13.1 Å². The molecule has 0 heterocycles. The summed E-state index contributed by atoms with van der Waals surface area (Å²) in [6.07, 6.45) is -5.38. The Morgan fingerprint density at radius 1 is 1.36 bits per heavy atom. The fourth-order valence-corrected chi connectivity index (χ4v) is 1.28. The van der Waals surface area contributed by atoms with Crippen LogP contribution < -0.4 is 0 Å². The molecule has 0 fully saturated rings. The highest BCUT2D eigenvalue weighted by Crippen LogP contribution is 2.27. The van der Waals surface area contributed by atoms with Crippen molar-refractivity contribution in [1.29, 1.82) is 0 Å². The van der Waals surface area contributed by atoms with Gasteiger partial charge in [-0.25, -0.2) is 0 Å². The summed E-state index contributed by atoms with van der Waals surface area (Å²) in [6.45, 7) is 3.52. The summed E-state index contributed by atoms with van der Waals surface area (Å²) >= 11 is 0. The molecule has 0 radical (unpaired) electrons. The van der Waals surface area contributed by atoms with E-state index < -0.39 is 24.6 Å². The number of aliphatic carboxylic acids is 1. The predicted molar refractivity (Wildman–Crippen MR) is 45.0 cm³/mol. The summed E-state index contributed by atoms with van der Waals surface area (Å²) in [5.74, 6) is -1.43. The van der Waals surface area contributed by atoms with Crippen molar-refractivity contribution in [2.24, 2.45) is 0 Å². The first-order valence-electron chi connectivity index (χ1n) is 4.35. The molecule has 0 bridgehead atoms. The third-order valence-corrected chi connectivity index (χ3v) is 2.00. The van der Waals surface area contributed by atoms with Crippen LogP contribution in [0, 0.1) is 0 Å². The second kappa shape index (κ2) is 5.19. The highest BCUT2D eigenvalue weighted by molar-refractivity contribution is 5.67. The van der Waals surface area contributed by atoms with Gasteiger partial charge in [0.15, 0.2) is 0 Å². The van der Waals surface area contributed by atoms with E-state index in [1.165, 1.54) is 0 Å². The van der Waals surface area contributed by atoms with Gasteiger partial charge in [0, 0.05) is 0 Å².